The van der Waals surface area contributed by atoms with Gasteiger partial charge >= 0.3 is 0 Å². The zero-order chi connectivity index (χ0) is 25.7. The van der Waals surface area contributed by atoms with Crippen LogP contribution in [-0.4, -0.2) is 5.54 Å². The third-order valence-corrected chi connectivity index (χ3v) is 7.88. The van der Waals surface area contributed by atoms with Gasteiger partial charge < -0.3 is 4.90 Å². The Hall–Kier alpha value is -3.32. The van der Waals surface area contributed by atoms with Gasteiger partial charge in [0.2, 0.25) is 0 Å². The third-order valence-electron chi connectivity index (χ3n) is 7.88. The van der Waals surface area contributed by atoms with E-state index >= 15 is 0 Å². The molecule has 0 fully saturated rings. The normalized spacial score (nSPS) is 13.9. The molecule has 36 heavy (non-hydrogen) atoms. The van der Waals surface area contributed by atoms with Crippen molar-refractivity contribution < 1.29 is 0 Å². The molecule has 0 N–H and O–H groups in total. The Morgan fingerprint density at radius 2 is 1.33 bits per heavy atom. The summed E-state index contributed by atoms with van der Waals surface area (Å²) in [5.41, 5.74) is 13.6. The lowest BCUT2D eigenvalue weighted by Gasteiger charge is -2.43. The van der Waals surface area contributed by atoms with Gasteiger partial charge in [0.1, 0.15) is 0 Å². The van der Waals surface area contributed by atoms with Crippen molar-refractivity contribution in [3.05, 3.63) is 107 Å². The van der Waals surface area contributed by atoms with Gasteiger partial charge in [-0.15, -0.1) is 0 Å². The summed E-state index contributed by atoms with van der Waals surface area (Å²) in [7, 11) is 0. The van der Waals surface area contributed by atoms with Crippen LogP contribution in [0.2, 0.25) is 0 Å². The molecular weight excluding hydrogens is 434 g/mol. The molecule has 5 rings (SSSR count). The highest BCUT2D eigenvalue weighted by Gasteiger charge is 2.41. The lowest BCUT2D eigenvalue weighted by molar-refractivity contribution is 0.550. The van der Waals surface area contributed by atoms with Crippen LogP contribution in [-0.2, 0) is 18.3 Å². The van der Waals surface area contributed by atoms with Gasteiger partial charge in [0.25, 0.3) is 0 Å². The molecule has 0 saturated carbocycles. The first-order valence-corrected chi connectivity index (χ1v) is 13.4. The molecule has 0 aliphatic heterocycles. The van der Waals surface area contributed by atoms with Crippen LogP contribution in [0.15, 0.2) is 84.9 Å². The minimum atomic E-state index is -0.108. The Bertz CT molecular complexity index is 1400. The molecule has 184 valence electrons. The fourth-order valence-corrected chi connectivity index (χ4v) is 6.29. The first-order chi connectivity index (χ1) is 17.2. The zero-order valence-corrected chi connectivity index (χ0v) is 22.9. The van der Waals surface area contributed by atoms with Gasteiger partial charge in [-0.3, -0.25) is 0 Å². The first kappa shape index (κ1) is 24.4. The van der Waals surface area contributed by atoms with E-state index in [1.54, 1.807) is 0 Å². The average molecular weight is 474 g/mol. The van der Waals surface area contributed by atoms with Crippen molar-refractivity contribution in [3.8, 4) is 22.3 Å². The van der Waals surface area contributed by atoms with Crippen LogP contribution in [0.3, 0.4) is 0 Å². The quantitative estimate of drug-likeness (QED) is 0.279. The molecule has 0 spiro atoms. The molecule has 0 bridgehead atoms. The van der Waals surface area contributed by atoms with E-state index in [4.69, 9.17) is 0 Å². The highest BCUT2D eigenvalue weighted by atomic mass is 15.2. The van der Waals surface area contributed by atoms with E-state index in [1.165, 1.54) is 55.9 Å². The minimum Gasteiger partial charge on any atom is -0.335 e. The number of benzene rings is 4. The van der Waals surface area contributed by atoms with E-state index in [0.29, 0.717) is 0 Å². The second-order valence-corrected chi connectivity index (χ2v) is 11.5. The summed E-state index contributed by atoms with van der Waals surface area (Å²) >= 11 is 0. The highest BCUT2D eigenvalue weighted by molar-refractivity contribution is 5.90. The van der Waals surface area contributed by atoms with Gasteiger partial charge in [-0.05, 0) is 84.2 Å². The lowest BCUT2D eigenvalue weighted by atomic mass is 9.79. The molecule has 1 aliphatic carbocycles. The Morgan fingerprint density at radius 1 is 0.667 bits per heavy atom. The average Bonchev–Trinajstić information content (AvgIpc) is 3.11. The number of aryl methyl sites for hydroxylation is 1. The number of nitrogens with zero attached hydrogens (tertiary/aromatic N) is 1. The number of fused-ring (bicyclic) bond motifs is 3. The van der Waals surface area contributed by atoms with Gasteiger partial charge in [0.05, 0.1) is 0 Å². The largest absolute Gasteiger partial charge is 0.335 e. The molecule has 0 saturated heterocycles. The Kier molecular flexibility index (Phi) is 6.07. The minimum absolute atomic E-state index is 0.0701. The fourth-order valence-electron chi connectivity index (χ4n) is 6.29. The predicted molar refractivity (Wildman–Crippen MR) is 157 cm³/mol. The first-order valence-electron chi connectivity index (χ1n) is 13.4. The molecule has 1 aliphatic rings. The number of anilines is 2. The number of rotatable bonds is 5. The maximum Gasteiger partial charge on any atom is 0.0496 e. The van der Waals surface area contributed by atoms with Crippen LogP contribution < -0.4 is 4.90 Å². The highest BCUT2D eigenvalue weighted by Crippen LogP contribution is 2.55. The van der Waals surface area contributed by atoms with Crippen LogP contribution in [0.4, 0.5) is 11.4 Å². The van der Waals surface area contributed by atoms with E-state index in [0.717, 1.165) is 12.8 Å². The van der Waals surface area contributed by atoms with Crippen molar-refractivity contribution in [1.82, 2.24) is 0 Å². The topological polar surface area (TPSA) is 3.24 Å². The standard InChI is InChI=1S/C35H39N/c1-8-24-22-23-29-28-18-13-14-20-30(28)35(6,7)32(29)33(24)36(34(3,4)5)31-21-15-19-27(26(31)9-2)25-16-11-10-12-17-25/h10-23H,8-9H2,1-7H3. The molecule has 0 radical (unpaired) electrons. The molecule has 0 atom stereocenters. The summed E-state index contributed by atoms with van der Waals surface area (Å²) in [4.78, 5) is 2.66. The summed E-state index contributed by atoms with van der Waals surface area (Å²) in [6.45, 7) is 16.5. The van der Waals surface area contributed by atoms with E-state index in [-0.39, 0.29) is 11.0 Å². The van der Waals surface area contributed by atoms with Crippen molar-refractivity contribution in [2.45, 2.75) is 72.3 Å². The number of hydrogen-bond donors (Lipinski definition) is 0. The van der Waals surface area contributed by atoms with Gasteiger partial charge in [-0.25, -0.2) is 0 Å². The van der Waals surface area contributed by atoms with Gasteiger partial charge in [-0.1, -0.05) is 107 Å². The SMILES string of the molecule is CCc1ccc2c(c1N(c1cccc(-c3ccccc3)c1CC)C(C)(C)C)C(C)(C)c1ccccc1-2. The molecule has 1 heteroatoms. The van der Waals surface area contributed by atoms with Crippen molar-refractivity contribution in [3.63, 3.8) is 0 Å². The van der Waals surface area contributed by atoms with E-state index in [9.17, 15) is 0 Å². The molecule has 1 nitrogen and oxygen atoms in total. The summed E-state index contributed by atoms with van der Waals surface area (Å²) in [6.07, 6.45) is 1.98. The Labute approximate surface area is 217 Å². The smallest absolute Gasteiger partial charge is 0.0496 e. The monoisotopic (exact) mass is 473 g/mol. The fraction of sp³-hybridized carbons (Fsp3) is 0.314. The Morgan fingerprint density at radius 3 is 2.00 bits per heavy atom. The summed E-state index contributed by atoms with van der Waals surface area (Å²) in [5.74, 6) is 0. The van der Waals surface area contributed by atoms with Crippen molar-refractivity contribution in [2.24, 2.45) is 0 Å². The maximum absolute atomic E-state index is 2.66. The zero-order valence-electron chi connectivity index (χ0n) is 22.9. The summed E-state index contributed by atoms with van der Waals surface area (Å²) in [5, 5.41) is 0. The van der Waals surface area contributed by atoms with Crippen LogP contribution in [0.5, 0.6) is 0 Å². The van der Waals surface area contributed by atoms with E-state index < -0.39 is 0 Å². The van der Waals surface area contributed by atoms with E-state index in [2.05, 4.69) is 138 Å². The number of hydrogen-bond acceptors (Lipinski definition) is 1. The second kappa shape index (κ2) is 8.96. The third kappa shape index (κ3) is 3.77. The molecule has 0 heterocycles. The molecule has 4 aromatic rings. The van der Waals surface area contributed by atoms with Crippen LogP contribution >= 0.6 is 0 Å². The van der Waals surface area contributed by atoms with Crippen molar-refractivity contribution in [2.75, 3.05) is 4.90 Å². The van der Waals surface area contributed by atoms with Gasteiger partial charge in [0.15, 0.2) is 0 Å². The lowest BCUT2D eigenvalue weighted by Crippen LogP contribution is -2.40. The van der Waals surface area contributed by atoms with Gasteiger partial charge in [-0.2, -0.15) is 0 Å². The predicted octanol–water partition coefficient (Wildman–Crippen LogP) is 9.72. The molecular formula is C35H39N. The van der Waals surface area contributed by atoms with Crippen molar-refractivity contribution in [1.29, 1.82) is 0 Å². The van der Waals surface area contributed by atoms with Gasteiger partial charge in [0, 0.05) is 22.3 Å². The molecule has 0 aromatic heterocycles. The Balaban J connectivity index is 1.84. The maximum atomic E-state index is 2.66. The van der Waals surface area contributed by atoms with Crippen LogP contribution in [0, 0.1) is 0 Å². The van der Waals surface area contributed by atoms with Crippen LogP contribution in [0.25, 0.3) is 22.3 Å². The molecule has 0 unspecified atom stereocenters. The van der Waals surface area contributed by atoms with Crippen molar-refractivity contribution >= 4 is 11.4 Å². The molecule has 0 amide bonds. The van der Waals surface area contributed by atoms with Crippen LogP contribution in [0.1, 0.15) is 70.7 Å². The second-order valence-electron chi connectivity index (χ2n) is 11.5. The summed E-state index contributed by atoms with van der Waals surface area (Å²) < 4.78 is 0. The summed E-state index contributed by atoms with van der Waals surface area (Å²) in [6, 6.07) is 31.4. The van der Waals surface area contributed by atoms with E-state index in [1.807, 2.05) is 0 Å². The molecule has 4 aromatic carbocycles.